The summed E-state index contributed by atoms with van der Waals surface area (Å²) in [5.41, 5.74) is 11.1. The summed E-state index contributed by atoms with van der Waals surface area (Å²) in [7, 11) is 0. The number of nitrogens with zero attached hydrogens (tertiary/aromatic N) is 2. The van der Waals surface area contributed by atoms with E-state index in [1.807, 2.05) is 0 Å². The first kappa shape index (κ1) is 17.6. The number of halogens is 1. The lowest BCUT2D eigenvalue weighted by molar-refractivity contribution is -0.118. The molecule has 1 atom stereocenters. The lowest BCUT2D eigenvalue weighted by atomic mass is 10.0. The van der Waals surface area contributed by atoms with Crippen LogP contribution >= 0.6 is 0 Å². The fourth-order valence-corrected chi connectivity index (χ4v) is 3.18. The molecule has 134 valence electrons. The van der Waals surface area contributed by atoms with Crippen LogP contribution in [0.5, 0.6) is 0 Å². The molecule has 6 nitrogen and oxygen atoms in total. The first-order valence-electron chi connectivity index (χ1n) is 8.27. The zero-order valence-corrected chi connectivity index (χ0v) is 14.1. The molecule has 1 aliphatic rings. The topological polar surface area (TPSA) is 102 Å². The summed E-state index contributed by atoms with van der Waals surface area (Å²) in [5, 5.41) is 0. The van der Waals surface area contributed by atoms with Gasteiger partial charge in [0, 0.05) is 12.1 Å². The van der Waals surface area contributed by atoms with Crippen LogP contribution in [0.1, 0.15) is 28.8 Å². The lowest BCUT2D eigenvalue weighted by Gasteiger charge is -2.25. The molecular weight excluding hydrogens is 335 g/mol. The van der Waals surface area contributed by atoms with Gasteiger partial charge < -0.3 is 16.4 Å². The second-order valence-electron chi connectivity index (χ2n) is 6.06. The minimum atomic E-state index is -0.647. The van der Waals surface area contributed by atoms with E-state index >= 15 is 4.39 Å². The van der Waals surface area contributed by atoms with Crippen LogP contribution in [0, 0.1) is 5.82 Å². The Hall–Kier alpha value is -3.22. The predicted molar refractivity (Wildman–Crippen MR) is 97.5 cm³/mol. The fourth-order valence-electron chi connectivity index (χ4n) is 3.18. The molecule has 1 heterocycles. The van der Waals surface area contributed by atoms with Crippen molar-refractivity contribution in [3.05, 3.63) is 65.5 Å². The van der Waals surface area contributed by atoms with Crippen molar-refractivity contribution >= 4 is 23.3 Å². The van der Waals surface area contributed by atoms with Gasteiger partial charge in [-0.1, -0.05) is 36.4 Å². The average molecular weight is 354 g/mol. The smallest absolute Gasteiger partial charge is 0.271 e. The number of carbonyl (C=O) groups excluding carboxylic acids is 2. The van der Waals surface area contributed by atoms with Gasteiger partial charge in [0.25, 0.3) is 5.91 Å². The van der Waals surface area contributed by atoms with E-state index in [1.54, 1.807) is 47.4 Å². The highest BCUT2D eigenvalue weighted by Crippen LogP contribution is 2.31. The summed E-state index contributed by atoms with van der Waals surface area (Å²) in [6.07, 6.45) is 1.22. The average Bonchev–Trinajstić information content (AvgIpc) is 3.11. The van der Waals surface area contributed by atoms with Crippen molar-refractivity contribution < 1.29 is 14.0 Å². The highest BCUT2D eigenvalue weighted by molar-refractivity contribution is 6.09. The molecule has 4 N–H and O–H groups in total. The Balaban J connectivity index is 1.95. The molecule has 3 rings (SSSR count). The van der Waals surface area contributed by atoms with E-state index < -0.39 is 23.5 Å². The molecule has 7 heteroatoms. The number of guanidine groups is 1. The second kappa shape index (κ2) is 7.35. The van der Waals surface area contributed by atoms with Crippen molar-refractivity contribution in [2.24, 2.45) is 16.5 Å². The Morgan fingerprint density at radius 2 is 1.81 bits per heavy atom. The second-order valence-corrected chi connectivity index (χ2v) is 6.06. The van der Waals surface area contributed by atoms with Gasteiger partial charge in [-0.2, -0.15) is 4.99 Å². The van der Waals surface area contributed by atoms with E-state index in [0.29, 0.717) is 24.9 Å². The highest BCUT2D eigenvalue weighted by atomic mass is 19.1. The molecule has 0 bridgehead atoms. The van der Waals surface area contributed by atoms with E-state index in [9.17, 15) is 9.59 Å². The number of nitrogens with two attached hydrogens (primary N) is 2. The maximum Gasteiger partial charge on any atom is 0.271 e. The van der Waals surface area contributed by atoms with E-state index in [1.165, 1.54) is 6.07 Å². The van der Waals surface area contributed by atoms with Gasteiger partial charge in [-0.05, 0) is 25.0 Å². The van der Waals surface area contributed by atoms with Gasteiger partial charge in [-0.3, -0.25) is 9.59 Å². The maximum atomic E-state index is 15.1. The van der Waals surface area contributed by atoms with E-state index in [4.69, 9.17) is 11.5 Å². The van der Waals surface area contributed by atoms with Crippen molar-refractivity contribution in [3.8, 4) is 0 Å². The SMILES string of the molecule is NC(N)=NC(=O)C1CCCN1c1cccc(C(=O)c2ccccc2)c1F. The summed E-state index contributed by atoms with van der Waals surface area (Å²) >= 11 is 0. The first-order valence-corrected chi connectivity index (χ1v) is 8.27. The highest BCUT2D eigenvalue weighted by Gasteiger charge is 2.33. The minimum absolute atomic E-state index is 0.0337. The predicted octanol–water partition coefficient (Wildman–Crippen LogP) is 1.83. The largest absolute Gasteiger partial charge is 0.370 e. The van der Waals surface area contributed by atoms with Crippen LogP contribution < -0.4 is 16.4 Å². The Morgan fingerprint density at radius 1 is 1.08 bits per heavy atom. The summed E-state index contributed by atoms with van der Waals surface area (Å²) in [5.74, 6) is -1.89. The summed E-state index contributed by atoms with van der Waals surface area (Å²) in [4.78, 5) is 30.0. The quantitative estimate of drug-likeness (QED) is 0.495. The monoisotopic (exact) mass is 354 g/mol. The fraction of sp³-hybridized carbons (Fsp3) is 0.211. The van der Waals surface area contributed by atoms with Crippen LogP contribution in [0.3, 0.4) is 0 Å². The van der Waals surface area contributed by atoms with Gasteiger partial charge in [0.2, 0.25) is 0 Å². The molecule has 26 heavy (non-hydrogen) atoms. The Bertz CT molecular complexity index is 863. The van der Waals surface area contributed by atoms with Gasteiger partial charge in [0.15, 0.2) is 17.6 Å². The summed E-state index contributed by atoms with van der Waals surface area (Å²) < 4.78 is 15.1. The number of anilines is 1. The molecule has 1 saturated heterocycles. The zero-order valence-electron chi connectivity index (χ0n) is 14.1. The van der Waals surface area contributed by atoms with Gasteiger partial charge in [-0.25, -0.2) is 4.39 Å². The molecule has 0 radical (unpaired) electrons. The third kappa shape index (κ3) is 3.42. The maximum absolute atomic E-state index is 15.1. The lowest BCUT2D eigenvalue weighted by Crippen LogP contribution is -2.38. The van der Waals surface area contributed by atoms with E-state index in [-0.39, 0.29) is 17.2 Å². The molecule has 1 fully saturated rings. The number of ketones is 1. The van der Waals surface area contributed by atoms with Crippen molar-refractivity contribution in [2.45, 2.75) is 18.9 Å². The summed E-state index contributed by atoms with van der Waals surface area (Å²) in [6, 6.07) is 12.5. The molecule has 0 saturated carbocycles. The van der Waals surface area contributed by atoms with Crippen molar-refractivity contribution in [1.29, 1.82) is 0 Å². The Morgan fingerprint density at radius 3 is 2.50 bits per heavy atom. The molecular formula is C19H19FN4O2. The molecule has 1 aliphatic heterocycles. The minimum Gasteiger partial charge on any atom is -0.370 e. The third-order valence-electron chi connectivity index (χ3n) is 4.35. The van der Waals surface area contributed by atoms with Crippen LogP contribution in [0.2, 0.25) is 0 Å². The van der Waals surface area contributed by atoms with E-state index in [2.05, 4.69) is 4.99 Å². The molecule has 2 aromatic rings. The van der Waals surface area contributed by atoms with Crippen LogP contribution in [-0.2, 0) is 4.79 Å². The van der Waals surface area contributed by atoms with Crippen molar-refractivity contribution in [2.75, 3.05) is 11.4 Å². The third-order valence-corrected chi connectivity index (χ3v) is 4.35. The van der Waals surface area contributed by atoms with Crippen LogP contribution in [0.4, 0.5) is 10.1 Å². The normalized spacial score (nSPS) is 16.3. The van der Waals surface area contributed by atoms with Crippen molar-refractivity contribution in [1.82, 2.24) is 0 Å². The molecule has 1 amide bonds. The molecule has 1 unspecified atom stereocenters. The Kier molecular flexibility index (Phi) is 4.97. The zero-order chi connectivity index (χ0) is 18.7. The van der Waals surface area contributed by atoms with Gasteiger partial charge in [-0.15, -0.1) is 0 Å². The number of benzene rings is 2. The number of carbonyl (C=O) groups is 2. The molecule has 2 aromatic carbocycles. The van der Waals surface area contributed by atoms with Crippen LogP contribution in [0.25, 0.3) is 0 Å². The Labute approximate surface area is 150 Å². The standard InChI is InChI=1S/C19H19FN4O2/c20-16-13(17(25)12-6-2-1-3-7-12)8-4-9-14(16)24-11-5-10-15(24)18(26)23-19(21)22/h1-4,6-9,15H,5,10-11H2,(H4,21,22,23,26). The number of rotatable bonds is 4. The van der Waals surface area contributed by atoms with Gasteiger partial charge in [0.1, 0.15) is 6.04 Å². The first-order chi connectivity index (χ1) is 12.5. The van der Waals surface area contributed by atoms with Gasteiger partial charge in [0.05, 0.1) is 11.3 Å². The summed E-state index contributed by atoms with van der Waals surface area (Å²) in [6.45, 7) is 0.482. The van der Waals surface area contributed by atoms with Crippen LogP contribution in [0.15, 0.2) is 53.5 Å². The van der Waals surface area contributed by atoms with Gasteiger partial charge >= 0.3 is 0 Å². The van der Waals surface area contributed by atoms with E-state index in [0.717, 1.165) is 0 Å². The molecule has 0 aromatic heterocycles. The number of aliphatic imine (C=N–C) groups is 1. The number of hydrogen-bond acceptors (Lipinski definition) is 3. The van der Waals surface area contributed by atoms with Crippen molar-refractivity contribution in [3.63, 3.8) is 0 Å². The van der Waals surface area contributed by atoms with Crippen LogP contribution in [-0.4, -0.2) is 30.2 Å². The molecule has 0 aliphatic carbocycles. The number of amides is 1. The number of hydrogen-bond donors (Lipinski definition) is 2. The molecule has 0 spiro atoms.